The van der Waals surface area contributed by atoms with E-state index in [1.165, 1.54) is 11.8 Å². The number of nitrogens with zero attached hydrogens (tertiary/aromatic N) is 1. The minimum atomic E-state index is -3.22. The summed E-state index contributed by atoms with van der Waals surface area (Å²) in [5, 5.41) is 7.23. The van der Waals surface area contributed by atoms with Crippen LogP contribution in [-0.2, 0) is 21.0 Å². The Kier molecular flexibility index (Phi) is 10.9. The van der Waals surface area contributed by atoms with Gasteiger partial charge in [-0.05, 0) is 49.3 Å². The fourth-order valence-corrected chi connectivity index (χ4v) is 5.01. The number of hydrogen-bond donors (Lipinski definition) is 2. The lowest BCUT2D eigenvalue weighted by Crippen LogP contribution is -2.53. The molecule has 6 nitrogen and oxygen atoms in total. The van der Waals surface area contributed by atoms with Crippen LogP contribution >= 0.6 is 35.6 Å². The van der Waals surface area contributed by atoms with Crippen molar-refractivity contribution in [2.24, 2.45) is 10.4 Å². The van der Waals surface area contributed by atoms with Crippen molar-refractivity contribution >= 4 is 51.4 Å². The van der Waals surface area contributed by atoms with E-state index in [0.29, 0.717) is 51.6 Å². The molecule has 0 spiro atoms. The molecule has 0 aromatic heterocycles. The lowest BCUT2D eigenvalue weighted by molar-refractivity contribution is 0.0756. The smallest absolute Gasteiger partial charge is 0.191 e. The molecule has 0 radical (unpaired) electrons. The van der Waals surface area contributed by atoms with E-state index in [0.717, 1.165) is 11.4 Å². The summed E-state index contributed by atoms with van der Waals surface area (Å²) in [4.78, 5) is 4.74. The summed E-state index contributed by atoms with van der Waals surface area (Å²) >= 11 is 6.10. The van der Waals surface area contributed by atoms with Crippen molar-refractivity contribution in [1.29, 1.82) is 0 Å². The van der Waals surface area contributed by atoms with Gasteiger partial charge in [-0.15, -0.1) is 24.0 Å². The Bertz CT molecular complexity index is 809. The van der Waals surface area contributed by atoms with Crippen LogP contribution in [0.1, 0.15) is 39.2 Å². The SMILES string of the molecule is CCNC(=NCC(C)(C)Cc1cccc(Cl)c1)NCC1(S(C)(=O)=O)CCOCC1.I. The van der Waals surface area contributed by atoms with Crippen LogP contribution in [0.25, 0.3) is 0 Å². The molecule has 172 valence electrons. The number of rotatable bonds is 8. The molecule has 1 aliphatic rings. The van der Waals surface area contributed by atoms with Gasteiger partial charge in [-0.1, -0.05) is 37.6 Å². The Labute approximate surface area is 203 Å². The Morgan fingerprint density at radius 1 is 1.27 bits per heavy atom. The lowest BCUT2D eigenvalue weighted by Gasteiger charge is -2.36. The van der Waals surface area contributed by atoms with Gasteiger partial charge in [-0.25, -0.2) is 8.42 Å². The third-order valence-corrected chi connectivity index (χ3v) is 7.71. The molecule has 0 atom stereocenters. The van der Waals surface area contributed by atoms with Gasteiger partial charge in [0.2, 0.25) is 0 Å². The summed E-state index contributed by atoms with van der Waals surface area (Å²) < 4.78 is 29.5. The summed E-state index contributed by atoms with van der Waals surface area (Å²) in [6.07, 6.45) is 3.16. The van der Waals surface area contributed by atoms with E-state index in [4.69, 9.17) is 21.3 Å². The highest BCUT2D eigenvalue weighted by atomic mass is 127. The van der Waals surface area contributed by atoms with Gasteiger partial charge < -0.3 is 15.4 Å². The van der Waals surface area contributed by atoms with Crippen molar-refractivity contribution in [3.05, 3.63) is 34.9 Å². The van der Waals surface area contributed by atoms with Gasteiger partial charge in [0.05, 0.1) is 4.75 Å². The van der Waals surface area contributed by atoms with Gasteiger partial charge in [0.25, 0.3) is 0 Å². The van der Waals surface area contributed by atoms with Crippen LogP contribution in [0.3, 0.4) is 0 Å². The van der Waals surface area contributed by atoms with Gasteiger partial charge in [0, 0.05) is 44.1 Å². The van der Waals surface area contributed by atoms with Crippen LogP contribution in [-0.4, -0.2) is 58.2 Å². The quantitative estimate of drug-likeness (QED) is 0.283. The predicted molar refractivity (Wildman–Crippen MR) is 136 cm³/mol. The zero-order valence-corrected chi connectivity index (χ0v) is 22.2. The Morgan fingerprint density at radius 3 is 2.50 bits per heavy atom. The van der Waals surface area contributed by atoms with Gasteiger partial charge >= 0.3 is 0 Å². The molecule has 0 amide bonds. The summed E-state index contributed by atoms with van der Waals surface area (Å²) in [5.74, 6) is 0.640. The molecule has 9 heteroatoms. The van der Waals surface area contributed by atoms with Gasteiger partial charge in [-0.3, -0.25) is 4.99 Å². The van der Waals surface area contributed by atoms with E-state index < -0.39 is 14.6 Å². The number of benzene rings is 1. The summed E-state index contributed by atoms with van der Waals surface area (Å²) in [6, 6.07) is 7.89. The highest BCUT2D eigenvalue weighted by Gasteiger charge is 2.42. The number of ether oxygens (including phenoxy) is 1. The van der Waals surface area contributed by atoms with E-state index >= 15 is 0 Å². The summed E-state index contributed by atoms with van der Waals surface area (Å²) in [5.41, 5.74) is 1.11. The van der Waals surface area contributed by atoms with Crippen molar-refractivity contribution < 1.29 is 13.2 Å². The molecular formula is C21H35ClIN3O3S. The number of hydrogen-bond acceptors (Lipinski definition) is 4. The third kappa shape index (κ3) is 8.16. The average molecular weight is 572 g/mol. The van der Waals surface area contributed by atoms with Crippen LogP contribution in [0.4, 0.5) is 0 Å². The number of halogens is 2. The van der Waals surface area contributed by atoms with Crippen LogP contribution in [0.15, 0.2) is 29.3 Å². The first kappa shape index (κ1) is 27.5. The molecule has 1 heterocycles. The molecule has 0 bridgehead atoms. The summed E-state index contributed by atoms with van der Waals surface area (Å²) in [7, 11) is -3.22. The maximum Gasteiger partial charge on any atom is 0.191 e. The normalized spacial score (nSPS) is 17.2. The van der Waals surface area contributed by atoms with Gasteiger partial charge in [0.15, 0.2) is 15.8 Å². The van der Waals surface area contributed by atoms with Gasteiger partial charge in [-0.2, -0.15) is 0 Å². The van der Waals surface area contributed by atoms with Crippen molar-refractivity contribution in [2.45, 2.75) is 44.8 Å². The fourth-order valence-electron chi connectivity index (χ4n) is 3.56. The van der Waals surface area contributed by atoms with Gasteiger partial charge in [0.1, 0.15) is 0 Å². The molecule has 30 heavy (non-hydrogen) atoms. The first-order chi connectivity index (χ1) is 13.6. The topological polar surface area (TPSA) is 79.8 Å². The predicted octanol–water partition coefficient (Wildman–Crippen LogP) is 3.68. The van der Waals surface area contributed by atoms with Crippen molar-refractivity contribution in [3.63, 3.8) is 0 Å². The second-order valence-electron chi connectivity index (χ2n) is 8.59. The molecule has 0 aliphatic carbocycles. The molecule has 1 fully saturated rings. The van der Waals surface area contributed by atoms with E-state index in [2.05, 4.69) is 30.5 Å². The van der Waals surface area contributed by atoms with E-state index in [1.807, 2.05) is 25.1 Å². The monoisotopic (exact) mass is 571 g/mol. The number of nitrogens with one attached hydrogen (secondary N) is 2. The molecule has 1 saturated heterocycles. The van der Waals surface area contributed by atoms with Crippen LogP contribution in [0.2, 0.25) is 5.02 Å². The molecule has 2 rings (SSSR count). The van der Waals surface area contributed by atoms with E-state index in [9.17, 15) is 8.42 Å². The van der Waals surface area contributed by atoms with Crippen LogP contribution < -0.4 is 10.6 Å². The maximum absolute atomic E-state index is 12.5. The van der Waals surface area contributed by atoms with E-state index in [1.54, 1.807) is 0 Å². The zero-order valence-electron chi connectivity index (χ0n) is 18.3. The molecule has 1 aromatic carbocycles. The highest BCUT2D eigenvalue weighted by molar-refractivity contribution is 14.0. The largest absolute Gasteiger partial charge is 0.381 e. The molecule has 0 saturated carbocycles. The van der Waals surface area contributed by atoms with Crippen LogP contribution in [0.5, 0.6) is 0 Å². The highest BCUT2D eigenvalue weighted by Crippen LogP contribution is 2.28. The maximum atomic E-state index is 12.5. The Hall–Kier alpha value is -0.580. The second-order valence-corrected chi connectivity index (χ2v) is 11.4. The zero-order chi connectivity index (χ0) is 21.5. The average Bonchev–Trinajstić information content (AvgIpc) is 2.63. The molecule has 1 aliphatic heterocycles. The van der Waals surface area contributed by atoms with Crippen molar-refractivity contribution in [3.8, 4) is 0 Å². The second kappa shape index (κ2) is 11.9. The first-order valence-corrected chi connectivity index (χ1v) is 12.4. The fraction of sp³-hybridized carbons (Fsp3) is 0.667. The van der Waals surface area contributed by atoms with E-state index in [-0.39, 0.29) is 29.4 Å². The molecular weight excluding hydrogens is 537 g/mol. The Morgan fingerprint density at radius 2 is 1.93 bits per heavy atom. The van der Waals surface area contributed by atoms with Crippen molar-refractivity contribution in [2.75, 3.05) is 39.1 Å². The van der Waals surface area contributed by atoms with Crippen LogP contribution in [0, 0.1) is 5.41 Å². The number of aliphatic imine (C=N–C) groups is 1. The molecule has 0 unspecified atom stereocenters. The molecule has 1 aromatic rings. The Balaban J connectivity index is 0.00000450. The standard InChI is InChI=1S/C21H34ClN3O3S.HI/c1-5-23-19(25-16-21(29(4,26)27)9-11-28-12-10-21)24-15-20(2,3)14-17-7-6-8-18(22)13-17;/h6-8,13H,5,9-12,14-16H2,1-4H3,(H2,23,24,25);1H. The molecule has 2 N–H and O–H groups in total. The number of guanidine groups is 1. The third-order valence-electron chi connectivity index (χ3n) is 5.35. The minimum absolute atomic E-state index is 0. The number of sulfone groups is 1. The summed E-state index contributed by atoms with van der Waals surface area (Å²) in [6.45, 7) is 8.89. The lowest BCUT2D eigenvalue weighted by atomic mass is 9.86. The van der Waals surface area contributed by atoms with Crippen molar-refractivity contribution in [1.82, 2.24) is 10.6 Å². The minimum Gasteiger partial charge on any atom is -0.381 e. The first-order valence-electron chi connectivity index (χ1n) is 10.1.